The summed E-state index contributed by atoms with van der Waals surface area (Å²) in [5.74, 6) is -0.00136. The van der Waals surface area contributed by atoms with E-state index >= 15 is 0 Å². The van der Waals surface area contributed by atoms with Gasteiger partial charge >= 0.3 is 0 Å². The molecule has 0 radical (unpaired) electrons. The maximum absolute atomic E-state index is 11.9. The van der Waals surface area contributed by atoms with E-state index in [1.54, 1.807) is 24.3 Å². The fourth-order valence-corrected chi connectivity index (χ4v) is 2.51. The van der Waals surface area contributed by atoms with E-state index in [0.29, 0.717) is 0 Å². The second-order valence-electron chi connectivity index (χ2n) is 4.40. The maximum Gasteiger partial charge on any atom is 0.253 e. The van der Waals surface area contributed by atoms with Crippen LogP contribution in [0.1, 0.15) is 12.5 Å². The van der Waals surface area contributed by atoms with Crippen LogP contribution in [0.2, 0.25) is 0 Å². The van der Waals surface area contributed by atoms with E-state index < -0.39 is 0 Å². The van der Waals surface area contributed by atoms with Crippen molar-refractivity contribution in [3.05, 3.63) is 60.2 Å². The fourth-order valence-electron chi connectivity index (χ4n) is 1.62. The first-order valence-electron chi connectivity index (χ1n) is 6.49. The molecule has 5 heteroatoms. The summed E-state index contributed by atoms with van der Waals surface area (Å²) in [4.78, 5) is 12.9. The molecule has 1 unspecified atom stereocenters. The summed E-state index contributed by atoms with van der Waals surface area (Å²) in [6, 6.07) is 16.4. The molecule has 2 N–H and O–H groups in total. The van der Waals surface area contributed by atoms with Crippen LogP contribution in [-0.2, 0) is 4.79 Å². The number of amides is 1. The SMILES string of the molecule is CC(Sc1ccccc1)C(=O)NN=Cc1cccc(O)c1. The fraction of sp³-hybridized carbons (Fsp3) is 0.125. The monoisotopic (exact) mass is 300 g/mol. The largest absolute Gasteiger partial charge is 0.508 e. The summed E-state index contributed by atoms with van der Waals surface area (Å²) in [5.41, 5.74) is 3.22. The smallest absolute Gasteiger partial charge is 0.253 e. The molecule has 0 heterocycles. The first-order valence-corrected chi connectivity index (χ1v) is 7.37. The van der Waals surface area contributed by atoms with E-state index in [4.69, 9.17) is 0 Å². The van der Waals surface area contributed by atoms with Gasteiger partial charge < -0.3 is 5.11 Å². The van der Waals surface area contributed by atoms with Crippen LogP contribution < -0.4 is 5.43 Å². The van der Waals surface area contributed by atoms with E-state index in [0.717, 1.165) is 10.5 Å². The Hall–Kier alpha value is -2.27. The molecule has 0 aliphatic heterocycles. The number of carbonyl (C=O) groups excluding carboxylic acids is 1. The molecule has 1 amide bonds. The zero-order valence-electron chi connectivity index (χ0n) is 11.6. The number of hydrogen-bond donors (Lipinski definition) is 2. The van der Waals surface area contributed by atoms with Gasteiger partial charge in [-0.15, -0.1) is 11.8 Å². The molecule has 0 spiro atoms. The van der Waals surface area contributed by atoms with Crippen molar-refractivity contribution in [3.8, 4) is 5.75 Å². The van der Waals surface area contributed by atoms with Gasteiger partial charge in [-0.1, -0.05) is 30.3 Å². The van der Waals surface area contributed by atoms with Gasteiger partial charge in [-0.3, -0.25) is 4.79 Å². The van der Waals surface area contributed by atoms with Crippen molar-refractivity contribution in [1.29, 1.82) is 0 Å². The molecule has 0 bridgehead atoms. The third-order valence-electron chi connectivity index (χ3n) is 2.68. The summed E-state index contributed by atoms with van der Waals surface area (Å²) in [7, 11) is 0. The highest BCUT2D eigenvalue weighted by Gasteiger charge is 2.13. The Balaban J connectivity index is 1.86. The van der Waals surface area contributed by atoms with Crippen LogP contribution in [0.15, 0.2) is 64.6 Å². The van der Waals surface area contributed by atoms with Crippen molar-refractivity contribution in [2.24, 2.45) is 5.10 Å². The summed E-state index contributed by atoms with van der Waals surface area (Å²) in [5, 5.41) is 13.0. The molecule has 21 heavy (non-hydrogen) atoms. The Kier molecular flexibility index (Phi) is 5.40. The van der Waals surface area contributed by atoms with Gasteiger partial charge in [0.05, 0.1) is 11.5 Å². The molecular formula is C16H16N2O2S. The van der Waals surface area contributed by atoms with E-state index in [1.165, 1.54) is 18.0 Å². The number of phenolic OH excluding ortho intramolecular Hbond substituents is 1. The minimum atomic E-state index is -0.242. The number of hydrogen-bond acceptors (Lipinski definition) is 4. The third kappa shape index (κ3) is 4.96. The lowest BCUT2D eigenvalue weighted by Crippen LogP contribution is -2.26. The standard InChI is InChI=1S/C16H16N2O2S/c1-12(21-15-8-3-2-4-9-15)16(20)18-17-11-13-6-5-7-14(19)10-13/h2-12,19H,1H3,(H,18,20). The Morgan fingerprint density at radius 2 is 2.00 bits per heavy atom. The number of benzene rings is 2. The number of rotatable bonds is 5. The number of hydrazone groups is 1. The van der Waals surface area contributed by atoms with Crippen LogP contribution in [0.4, 0.5) is 0 Å². The summed E-state index contributed by atoms with van der Waals surface area (Å²) < 4.78 is 0. The lowest BCUT2D eigenvalue weighted by atomic mass is 10.2. The molecule has 0 aliphatic rings. The minimum Gasteiger partial charge on any atom is -0.508 e. The van der Waals surface area contributed by atoms with Gasteiger partial charge in [-0.25, -0.2) is 5.43 Å². The predicted molar refractivity (Wildman–Crippen MR) is 85.6 cm³/mol. The number of phenols is 1. The van der Waals surface area contributed by atoms with Crippen LogP contribution in [0.3, 0.4) is 0 Å². The summed E-state index contributed by atoms with van der Waals surface area (Å²) >= 11 is 1.47. The molecule has 2 rings (SSSR count). The normalized spacial score (nSPS) is 12.2. The van der Waals surface area contributed by atoms with E-state index in [2.05, 4.69) is 10.5 Å². The summed E-state index contributed by atoms with van der Waals surface area (Å²) in [6.45, 7) is 1.83. The Morgan fingerprint density at radius 3 is 2.71 bits per heavy atom. The molecule has 0 saturated heterocycles. The van der Waals surface area contributed by atoms with Gasteiger partial charge in [0.2, 0.25) is 0 Å². The molecule has 2 aromatic carbocycles. The van der Waals surface area contributed by atoms with E-state index in [9.17, 15) is 9.90 Å². The van der Waals surface area contributed by atoms with E-state index in [-0.39, 0.29) is 16.9 Å². The van der Waals surface area contributed by atoms with Crippen LogP contribution in [0.5, 0.6) is 5.75 Å². The van der Waals surface area contributed by atoms with Gasteiger partial charge in [0.15, 0.2) is 0 Å². The molecule has 1 atom stereocenters. The molecule has 0 fully saturated rings. The Labute approximate surface area is 127 Å². The second kappa shape index (κ2) is 7.50. The molecule has 108 valence electrons. The highest BCUT2D eigenvalue weighted by Crippen LogP contribution is 2.22. The maximum atomic E-state index is 11.9. The average molecular weight is 300 g/mol. The molecule has 0 saturated carbocycles. The predicted octanol–water partition coefficient (Wildman–Crippen LogP) is 3.02. The molecular weight excluding hydrogens is 284 g/mol. The van der Waals surface area contributed by atoms with Gasteiger partial charge in [0, 0.05) is 4.90 Å². The topological polar surface area (TPSA) is 61.7 Å². The van der Waals surface area contributed by atoms with Gasteiger partial charge in [-0.2, -0.15) is 5.10 Å². The zero-order valence-corrected chi connectivity index (χ0v) is 12.4. The summed E-state index contributed by atoms with van der Waals surface area (Å²) in [6.07, 6.45) is 1.50. The third-order valence-corrected chi connectivity index (χ3v) is 3.80. The molecule has 2 aromatic rings. The Morgan fingerprint density at radius 1 is 1.24 bits per heavy atom. The number of thioether (sulfide) groups is 1. The highest BCUT2D eigenvalue weighted by molar-refractivity contribution is 8.00. The number of carbonyl (C=O) groups is 1. The number of nitrogens with one attached hydrogen (secondary N) is 1. The van der Waals surface area contributed by atoms with E-state index in [1.807, 2.05) is 37.3 Å². The van der Waals surface area contributed by atoms with Crippen LogP contribution in [0, 0.1) is 0 Å². The van der Waals surface area contributed by atoms with Gasteiger partial charge in [-0.05, 0) is 36.8 Å². The lowest BCUT2D eigenvalue weighted by Gasteiger charge is -2.08. The Bertz CT molecular complexity index is 629. The molecule has 0 aromatic heterocycles. The highest BCUT2D eigenvalue weighted by atomic mass is 32.2. The van der Waals surface area contributed by atoms with Crippen molar-refractivity contribution < 1.29 is 9.90 Å². The molecule has 0 aliphatic carbocycles. The van der Waals surface area contributed by atoms with Crippen LogP contribution in [-0.4, -0.2) is 22.5 Å². The van der Waals surface area contributed by atoms with Crippen LogP contribution >= 0.6 is 11.8 Å². The van der Waals surface area contributed by atoms with Gasteiger partial charge in [0.1, 0.15) is 5.75 Å². The van der Waals surface area contributed by atoms with Crippen molar-refractivity contribution >= 4 is 23.9 Å². The number of aromatic hydroxyl groups is 1. The first-order chi connectivity index (χ1) is 10.1. The minimum absolute atomic E-state index is 0.165. The average Bonchev–Trinajstić information content (AvgIpc) is 2.48. The van der Waals surface area contributed by atoms with Crippen molar-refractivity contribution in [3.63, 3.8) is 0 Å². The lowest BCUT2D eigenvalue weighted by molar-refractivity contribution is -0.120. The van der Waals surface area contributed by atoms with Crippen molar-refractivity contribution in [1.82, 2.24) is 5.43 Å². The zero-order chi connectivity index (χ0) is 15.1. The van der Waals surface area contributed by atoms with Crippen molar-refractivity contribution in [2.45, 2.75) is 17.1 Å². The van der Waals surface area contributed by atoms with Gasteiger partial charge in [0.25, 0.3) is 5.91 Å². The second-order valence-corrected chi connectivity index (χ2v) is 5.82. The number of nitrogens with zero attached hydrogens (tertiary/aromatic N) is 1. The first kappa shape index (κ1) is 15.1. The quantitative estimate of drug-likeness (QED) is 0.507. The van der Waals surface area contributed by atoms with Crippen LogP contribution in [0.25, 0.3) is 0 Å². The van der Waals surface area contributed by atoms with Crippen molar-refractivity contribution in [2.75, 3.05) is 0 Å². The molecule has 4 nitrogen and oxygen atoms in total.